The van der Waals surface area contributed by atoms with Crippen molar-refractivity contribution in [2.24, 2.45) is 0 Å². The molecule has 1 aliphatic rings. The van der Waals surface area contributed by atoms with Gasteiger partial charge in [-0.15, -0.1) is 0 Å². The van der Waals surface area contributed by atoms with Gasteiger partial charge in [0.2, 0.25) is 0 Å². The number of carbonyl (C=O) groups is 1. The Morgan fingerprint density at radius 1 is 1.73 bits per heavy atom. The number of nitrogens with zero attached hydrogens (tertiary/aromatic N) is 1. The van der Waals surface area contributed by atoms with Gasteiger partial charge in [-0.1, -0.05) is 0 Å². The van der Waals surface area contributed by atoms with Crippen molar-refractivity contribution in [1.82, 2.24) is 4.90 Å². The van der Waals surface area contributed by atoms with Gasteiger partial charge in [-0.25, -0.2) is 0 Å². The van der Waals surface area contributed by atoms with E-state index in [1.807, 2.05) is 24.2 Å². The molecule has 0 amide bonds. The van der Waals surface area contributed by atoms with Crippen LogP contribution in [-0.4, -0.2) is 31.4 Å². The molecule has 0 bridgehead atoms. The van der Waals surface area contributed by atoms with Crippen LogP contribution in [0.3, 0.4) is 0 Å². The van der Waals surface area contributed by atoms with Crippen molar-refractivity contribution in [3.63, 3.8) is 0 Å². The number of aldehydes is 1. The number of methoxy groups -OCH3 is 1. The first-order chi connectivity index (χ1) is 5.27. The second-order valence-electron chi connectivity index (χ2n) is 2.38. The third-order valence-electron chi connectivity index (χ3n) is 1.65. The predicted molar refractivity (Wildman–Crippen MR) is 41.8 cm³/mol. The van der Waals surface area contributed by atoms with Crippen LogP contribution < -0.4 is 0 Å². The molecule has 3 heteroatoms. The molecule has 0 saturated carbocycles. The molecule has 0 radical (unpaired) electrons. The smallest absolute Gasteiger partial charge is 0.146 e. The van der Waals surface area contributed by atoms with Crippen LogP contribution in [0.1, 0.15) is 0 Å². The Morgan fingerprint density at radius 3 is 3.00 bits per heavy atom. The summed E-state index contributed by atoms with van der Waals surface area (Å²) in [6.07, 6.45) is 6.29. The monoisotopic (exact) mass is 153 g/mol. The zero-order chi connectivity index (χ0) is 8.27. The molecule has 0 aliphatic carbocycles. The van der Waals surface area contributed by atoms with Crippen molar-refractivity contribution in [2.45, 2.75) is 6.04 Å². The maximum atomic E-state index is 10.5. The fourth-order valence-corrected chi connectivity index (χ4v) is 0.903. The molecular formula is C8H11NO2. The Labute approximate surface area is 65.9 Å². The number of likely N-dealkylation sites (N-methyl/N-ethyl adjacent to an activating group) is 1. The lowest BCUT2D eigenvalue weighted by Crippen LogP contribution is -2.28. The number of hydrogen-bond acceptors (Lipinski definition) is 3. The topological polar surface area (TPSA) is 29.5 Å². The van der Waals surface area contributed by atoms with Crippen molar-refractivity contribution >= 4 is 6.29 Å². The summed E-state index contributed by atoms with van der Waals surface area (Å²) in [5, 5.41) is 0. The molecule has 1 unspecified atom stereocenters. The minimum atomic E-state index is -0.185. The van der Waals surface area contributed by atoms with Gasteiger partial charge >= 0.3 is 0 Å². The second-order valence-corrected chi connectivity index (χ2v) is 2.38. The molecule has 0 fully saturated rings. The standard InChI is InChI=1S/C8H11NO2/c1-9-4-3-8(11-2)5-7(9)6-10/h3-7H,1-2H3. The normalized spacial score (nSPS) is 22.9. The van der Waals surface area contributed by atoms with Gasteiger partial charge in [0.25, 0.3) is 0 Å². The summed E-state index contributed by atoms with van der Waals surface area (Å²) in [7, 11) is 3.43. The summed E-state index contributed by atoms with van der Waals surface area (Å²) in [5.41, 5.74) is 0. The summed E-state index contributed by atoms with van der Waals surface area (Å²) in [6, 6.07) is -0.185. The van der Waals surface area contributed by atoms with E-state index in [1.54, 1.807) is 13.2 Å². The van der Waals surface area contributed by atoms with Crippen LogP contribution in [0, 0.1) is 0 Å². The van der Waals surface area contributed by atoms with Crippen molar-refractivity contribution < 1.29 is 9.53 Å². The van der Waals surface area contributed by atoms with Gasteiger partial charge in [0.05, 0.1) is 7.11 Å². The Bertz CT molecular complexity index is 208. The number of allylic oxidation sites excluding steroid dienone is 1. The Balaban J connectivity index is 2.74. The van der Waals surface area contributed by atoms with Crippen LogP contribution in [0.25, 0.3) is 0 Å². The zero-order valence-corrected chi connectivity index (χ0v) is 6.65. The molecule has 0 N–H and O–H groups in total. The first-order valence-corrected chi connectivity index (χ1v) is 3.39. The quantitative estimate of drug-likeness (QED) is 0.542. The van der Waals surface area contributed by atoms with Gasteiger partial charge in [-0.05, 0) is 12.2 Å². The summed E-state index contributed by atoms with van der Waals surface area (Å²) >= 11 is 0. The van der Waals surface area contributed by atoms with Crippen LogP contribution in [0.5, 0.6) is 0 Å². The fraction of sp³-hybridized carbons (Fsp3) is 0.375. The summed E-state index contributed by atoms with van der Waals surface area (Å²) in [6.45, 7) is 0. The van der Waals surface area contributed by atoms with Gasteiger partial charge in [-0.2, -0.15) is 0 Å². The van der Waals surface area contributed by atoms with Crippen LogP contribution in [0.4, 0.5) is 0 Å². The zero-order valence-electron chi connectivity index (χ0n) is 6.65. The molecule has 0 saturated heterocycles. The lowest BCUT2D eigenvalue weighted by molar-refractivity contribution is -0.110. The van der Waals surface area contributed by atoms with E-state index in [0.717, 1.165) is 12.0 Å². The van der Waals surface area contributed by atoms with E-state index in [-0.39, 0.29) is 6.04 Å². The first kappa shape index (κ1) is 7.85. The van der Waals surface area contributed by atoms with Gasteiger partial charge in [-0.3, -0.25) is 0 Å². The van der Waals surface area contributed by atoms with E-state index in [1.165, 1.54) is 0 Å². The Morgan fingerprint density at radius 2 is 2.45 bits per heavy atom. The molecule has 1 rings (SSSR count). The lowest BCUT2D eigenvalue weighted by atomic mass is 10.2. The van der Waals surface area contributed by atoms with Gasteiger partial charge < -0.3 is 14.4 Å². The maximum absolute atomic E-state index is 10.5. The summed E-state index contributed by atoms with van der Waals surface area (Å²) < 4.78 is 4.96. The first-order valence-electron chi connectivity index (χ1n) is 3.39. The number of ether oxygens (including phenoxy) is 1. The minimum absolute atomic E-state index is 0.185. The second kappa shape index (κ2) is 3.23. The van der Waals surface area contributed by atoms with E-state index in [9.17, 15) is 4.79 Å². The summed E-state index contributed by atoms with van der Waals surface area (Å²) in [4.78, 5) is 12.3. The highest BCUT2D eigenvalue weighted by atomic mass is 16.5. The molecule has 3 nitrogen and oxygen atoms in total. The molecule has 1 aliphatic heterocycles. The highest BCUT2D eigenvalue weighted by Crippen LogP contribution is 2.10. The fourth-order valence-electron chi connectivity index (χ4n) is 0.903. The van der Waals surface area contributed by atoms with E-state index >= 15 is 0 Å². The van der Waals surface area contributed by atoms with Crippen molar-refractivity contribution in [3.8, 4) is 0 Å². The van der Waals surface area contributed by atoms with Crippen LogP contribution in [0.15, 0.2) is 24.1 Å². The van der Waals surface area contributed by atoms with Crippen LogP contribution in [-0.2, 0) is 9.53 Å². The molecule has 0 spiro atoms. The molecule has 0 aromatic heterocycles. The highest BCUT2D eigenvalue weighted by molar-refractivity contribution is 5.62. The summed E-state index contributed by atoms with van der Waals surface area (Å²) in [5.74, 6) is 0.736. The van der Waals surface area contributed by atoms with Crippen molar-refractivity contribution in [1.29, 1.82) is 0 Å². The van der Waals surface area contributed by atoms with Gasteiger partial charge in [0.1, 0.15) is 18.1 Å². The van der Waals surface area contributed by atoms with E-state index in [2.05, 4.69) is 0 Å². The number of rotatable bonds is 2. The van der Waals surface area contributed by atoms with Gasteiger partial charge in [0, 0.05) is 13.2 Å². The minimum Gasteiger partial charge on any atom is -0.497 e. The van der Waals surface area contributed by atoms with Crippen molar-refractivity contribution in [2.75, 3.05) is 14.2 Å². The molecule has 1 atom stereocenters. The highest BCUT2D eigenvalue weighted by Gasteiger charge is 2.12. The number of carbonyl (C=O) groups excluding carboxylic acids is 1. The molecule has 1 heterocycles. The van der Waals surface area contributed by atoms with Crippen molar-refractivity contribution in [3.05, 3.63) is 24.1 Å². The van der Waals surface area contributed by atoms with Crippen LogP contribution in [0.2, 0.25) is 0 Å². The molecule has 0 aromatic rings. The third-order valence-corrected chi connectivity index (χ3v) is 1.65. The predicted octanol–water partition coefficient (Wildman–Crippen LogP) is 0.543. The van der Waals surface area contributed by atoms with E-state index in [0.29, 0.717) is 0 Å². The van der Waals surface area contributed by atoms with Crippen LogP contribution >= 0.6 is 0 Å². The number of hydrogen-bond donors (Lipinski definition) is 0. The SMILES string of the molecule is COC1=CC(C=O)N(C)C=C1. The average Bonchev–Trinajstić information content (AvgIpc) is 2.05. The Hall–Kier alpha value is -1.25. The molecule has 11 heavy (non-hydrogen) atoms. The lowest BCUT2D eigenvalue weighted by Gasteiger charge is -2.22. The van der Waals surface area contributed by atoms with Gasteiger partial charge in [0.15, 0.2) is 0 Å². The van der Waals surface area contributed by atoms with E-state index in [4.69, 9.17) is 4.74 Å². The van der Waals surface area contributed by atoms with E-state index < -0.39 is 0 Å². The third kappa shape index (κ3) is 1.61. The largest absolute Gasteiger partial charge is 0.497 e. The average molecular weight is 153 g/mol. The Kier molecular flexibility index (Phi) is 2.31. The maximum Gasteiger partial charge on any atom is 0.146 e. The molecule has 60 valence electrons. The molecule has 0 aromatic carbocycles. The molecular weight excluding hydrogens is 142 g/mol.